The molecule has 3 heterocycles. The van der Waals surface area contributed by atoms with Crippen molar-refractivity contribution in [3.63, 3.8) is 0 Å². The summed E-state index contributed by atoms with van der Waals surface area (Å²) in [6, 6.07) is 4.91. The number of benzene rings is 1. The molecule has 7 N–H and O–H groups in total. The molecule has 1 aromatic heterocycles. The number of nitrogens with one attached hydrogen (secondary N) is 2. The number of carbonyl (C=O) groups excluding carboxylic acids is 1. The summed E-state index contributed by atoms with van der Waals surface area (Å²) in [5.41, 5.74) is 16.0. The molecule has 138 valence electrons. The van der Waals surface area contributed by atoms with E-state index >= 15 is 0 Å². The molecule has 8 heteroatoms. The first-order chi connectivity index (χ1) is 13.0. The highest BCUT2D eigenvalue weighted by Gasteiger charge is 2.23. The molecule has 0 fully saturated rings. The van der Waals surface area contributed by atoms with Gasteiger partial charge >= 0.3 is 0 Å². The Balaban J connectivity index is 1.70. The lowest BCUT2D eigenvalue weighted by Gasteiger charge is -2.21. The first kappa shape index (κ1) is 16.9. The number of anilines is 2. The number of hydrogen-bond acceptors (Lipinski definition) is 7. The summed E-state index contributed by atoms with van der Waals surface area (Å²) in [6.45, 7) is 0.621. The van der Waals surface area contributed by atoms with Gasteiger partial charge in [-0.2, -0.15) is 0 Å². The second-order valence-corrected chi connectivity index (χ2v) is 6.47. The number of hydrogen-bond donors (Lipinski definition) is 5. The molecule has 0 unspecified atom stereocenters. The molecule has 2 aliphatic heterocycles. The fourth-order valence-corrected chi connectivity index (χ4v) is 3.30. The number of nitrogen functional groups attached to an aromatic ring is 2. The highest BCUT2D eigenvalue weighted by Crippen LogP contribution is 2.34. The van der Waals surface area contributed by atoms with Crippen LogP contribution in [0, 0.1) is 0 Å². The number of amides is 1. The third-order valence-corrected chi connectivity index (χ3v) is 4.76. The highest BCUT2D eigenvalue weighted by molar-refractivity contribution is 5.95. The second kappa shape index (κ2) is 6.64. The Morgan fingerprint density at radius 2 is 1.96 bits per heavy atom. The van der Waals surface area contributed by atoms with Crippen LogP contribution in [-0.2, 0) is 4.79 Å². The number of aromatic hydroxyl groups is 1. The zero-order valence-electron chi connectivity index (χ0n) is 14.6. The lowest BCUT2D eigenvalue weighted by atomic mass is 10.0. The SMILES string of the molecule is Nc1c(O)ccc(-c2nccc(C3=CCCC4=C(CCNC4=O)N3)n2)c1N. The van der Waals surface area contributed by atoms with Crippen LogP contribution in [0.5, 0.6) is 5.75 Å². The van der Waals surface area contributed by atoms with Crippen LogP contribution in [0.25, 0.3) is 17.1 Å². The quantitative estimate of drug-likeness (QED) is 0.402. The van der Waals surface area contributed by atoms with E-state index in [9.17, 15) is 9.90 Å². The maximum Gasteiger partial charge on any atom is 0.248 e. The van der Waals surface area contributed by atoms with Gasteiger partial charge in [0.2, 0.25) is 5.91 Å². The fraction of sp³-hybridized carbons (Fsp3) is 0.211. The highest BCUT2D eigenvalue weighted by atomic mass is 16.3. The molecule has 0 atom stereocenters. The Hall–Kier alpha value is -3.55. The van der Waals surface area contributed by atoms with Gasteiger partial charge in [0, 0.05) is 36.0 Å². The van der Waals surface area contributed by atoms with Gasteiger partial charge in [0.05, 0.1) is 22.8 Å². The molecular weight excluding hydrogens is 344 g/mol. The molecule has 0 bridgehead atoms. The number of nitrogens with two attached hydrogens (primary N) is 2. The van der Waals surface area contributed by atoms with E-state index in [-0.39, 0.29) is 23.0 Å². The molecule has 1 aromatic carbocycles. The summed E-state index contributed by atoms with van der Waals surface area (Å²) in [7, 11) is 0. The van der Waals surface area contributed by atoms with Crippen molar-refractivity contribution < 1.29 is 9.90 Å². The van der Waals surface area contributed by atoms with Gasteiger partial charge in [-0.3, -0.25) is 4.79 Å². The predicted octanol–water partition coefficient (Wildman–Crippen LogP) is 1.51. The van der Waals surface area contributed by atoms with Crippen LogP contribution in [0.3, 0.4) is 0 Å². The third-order valence-electron chi connectivity index (χ3n) is 4.76. The van der Waals surface area contributed by atoms with Crippen LogP contribution >= 0.6 is 0 Å². The molecular formula is C19H20N6O2. The predicted molar refractivity (Wildman–Crippen MR) is 103 cm³/mol. The first-order valence-corrected chi connectivity index (χ1v) is 8.72. The molecule has 2 aromatic rings. The number of nitrogens with zero attached hydrogens (tertiary/aromatic N) is 2. The van der Waals surface area contributed by atoms with Crippen LogP contribution in [0.4, 0.5) is 11.4 Å². The Bertz CT molecular complexity index is 996. The van der Waals surface area contributed by atoms with Gasteiger partial charge < -0.3 is 27.2 Å². The van der Waals surface area contributed by atoms with Gasteiger partial charge in [0.15, 0.2) is 5.82 Å². The lowest BCUT2D eigenvalue weighted by Crippen LogP contribution is -2.34. The van der Waals surface area contributed by atoms with E-state index in [1.54, 1.807) is 18.3 Å². The Kier molecular flexibility index (Phi) is 4.15. The van der Waals surface area contributed by atoms with Crippen LogP contribution in [-0.4, -0.2) is 27.5 Å². The van der Waals surface area contributed by atoms with E-state index in [2.05, 4.69) is 20.6 Å². The van der Waals surface area contributed by atoms with E-state index < -0.39 is 0 Å². The summed E-state index contributed by atoms with van der Waals surface area (Å²) in [4.78, 5) is 21.0. The molecule has 27 heavy (non-hydrogen) atoms. The average molecular weight is 364 g/mol. The monoisotopic (exact) mass is 364 g/mol. The molecule has 4 rings (SSSR count). The van der Waals surface area contributed by atoms with Crippen LogP contribution < -0.4 is 22.1 Å². The molecule has 8 nitrogen and oxygen atoms in total. The van der Waals surface area contributed by atoms with Crippen LogP contribution in [0.2, 0.25) is 0 Å². The molecule has 0 saturated carbocycles. The number of phenolic OH excluding ortho intramolecular Hbond substituents is 1. The van der Waals surface area contributed by atoms with E-state index in [1.807, 2.05) is 6.08 Å². The maximum absolute atomic E-state index is 12.1. The minimum absolute atomic E-state index is 0.00545. The minimum atomic E-state index is -0.0735. The molecule has 0 spiro atoms. The molecule has 0 radical (unpaired) electrons. The summed E-state index contributed by atoms with van der Waals surface area (Å²) < 4.78 is 0. The number of allylic oxidation sites excluding steroid dienone is 1. The summed E-state index contributed by atoms with van der Waals surface area (Å²) in [5.74, 6) is 0.337. The molecule has 0 aliphatic carbocycles. The average Bonchev–Trinajstić information content (AvgIpc) is 2.90. The second-order valence-electron chi connectivity index (χ2n) is 6.47. The first-order valence-electron chi connectivity index (χ1n) is 8.72. The van der Waals surface area contributed by atoms with Crippen molar-refractivity contribution in [3.05, 3.63) is 47.4 Å². The van der Waals surface area contributed by atoms with Gasteiger partial charge in [0.25, 0.3) is 0 Å². The van der Waals surface area contributed by atoms with Gasteiger partial charge in [-0.05, 0) is 31.0 Å². The fourth-order valence-electron chi connectivity index (χ4n) is 3.30. The van der Waals surface area contributed by atoms with Gasteiger partial charge in [-0.1, -0.05) is 6.08 Å². The lowest BCUT2D eigenvalue weighted by molar-refractivity contribution is -0.118. The Morgan fingerprint density at radius 1 is 1.11 bits per heavy atom. The molecule has 0 saturated heterocycles. The standard InChI is InChI=1S/C19H20N6O2/c20-16-11(4-5-15(26)17(16)21)18-22-8-7-14(25-18)13-3-1-2-10-12(24-13)6-9-23-19(10)27/h3-5,7-8,24,26H,1-2,6,9,20-21H2,(H,23,27). The van der Waals surface area contributed by atoms with E-state index in [4.69, 9.17) is 11.5 Å². The number of phenols is 1. The van der Waals surface area contributed by atoms with Gasteiger partial charge in [0.1, 0.15) is 5.75 Å². The molecule has 2 aliphatic rings. The number of carbonyl (C=O) groups is 1. The van der Waals surface area contributed by atoms with Gasteiger partial charge in [-0.15, -0.1) is 0 Å². The van der Waals surface area contributed by atoms with Crippen molar-refractivity contribution in [2.45, 2.75) is 19.3 Å². The maximum atomic E-state index is 12.1. The zero-order chi connectivity index (χ0) is 19.0. The van der Waals surface area contributed by atoms with Crippen molar-refractivity contribution in [2.75, 3.05) is 18.0 Å². The third kappa shape index (κ3) is 3.05. The van der Waals surface area contributed by atoms with Gasteiger partial charge in [-0.25, -0.2) is 9.97 Å². The van der Waals surface area contributed by atoms with Crippen LogP contribution in [0.1, 0.15) is 25.0 Å². The van der Waals surface area contributed by atoms with Crippen molar-refractivity contribution in [1.82, 2.24) is 20.6 Å². The Labute approximate surface area is 156 Å². The Morgan fingerprint density at radius 3 is 2.81 bits per heavy atom. The number of rotatable bonds is 2. The summed E-state index contributed by atoms with van der Waals surface area (Å²) in [6.07, 6.45) is 5.87. The zero-order valence-corrected chi connectivity index (χ0v) is 14.6. The van der Waals surface area contributed by atoms with Crippen molar-refractivity contribution in [2.24, 2.45) is 0 Å². The van der Waals surface area contributed by atoms with E-state index in [1.165, 1.54) is 6.07 Å². The van der Waals surface area contributed by atoms with Crippen LogP contribution in [0.15, 0.2) is 41.7 Å². The largest absolute Gasteiger partial charge is 0.506 e. The van der Waals surface area contributed by atoms with Crippen molar-refractivity contribution in [1.29, 1.82) is 0 Å². The van der Waals surface area contributed by atoms with Crippen molar-refractivity contribution >= 4 is 23.0 Å². The van der Waals surface area contributed by atoms with Crippen molar-refractivity contribution in [3.8, 4) is 17.1 Å². The summed E-state index contributed by atoms with van der Waals surface area (Å²) >= 11 is 0. The smallest absolute Gasteiger partial charge is 0.248 e. The summed E-state index contributed by atoms with van der Waals surface area (Å²) in [5, 5.41) is 15.9. The van der Waals surface area contributed by atoms with E-state index in [0.717, 1.165) is 29.8 Å². The van der Waals surface area contributed by atoms with E-state index in [0.29, 0.717) is 30.0 Å². The molecule has 1 amide bonds. The number of aromatic nitrogens is 2. The minimum Gasteiger partial charge on any atom is -0.506 e. The normalized spacial score (nSPS) is 16.7. The topological polar surface area (TPSA) is 139 Å².